The van der Waals surface area contributed by atoms with Crippen molar-refractivity contribution in [3.8, 4) is 0 Å². The highest BCUT2D eigenvalue weighted by Gasteiger charge is 2.37. The van der Waals surface area contributed by atoms with Gasteiger partial charge in [0.2, 0.25) is 0 Å². The highest BCUT2D eigenvalue weighted by atomic mass is 16.5. The van der Waals surface area contributed by atoms with E-state index < -0.39 is 0 Å². The monoisotopic (exact) mass is 242 g/mol. The van der Waals surface area contributed by atoms with Gasteiger partial charge in [-0.25, -0.2) is 0 Å². The summed E-state index contributed by atoms with van der Waals surface area (Å²) in [5, 5.41) is 13.2. The molecule has 2 N–H and O–H groups in total. The summed E-state index contributed by atoms with van der Waals surface area (Å²) in [5.41, 5.74) is 0.271. The maximum atomic E-state index is 9.72. The molecule has 0 amide bonds. The maximum absolute atomic E-state index is 9.72. The van der Waals surface area contributed by atoms with Crippen molar-refractivity contribution in [3.05, 3.63) is 0 Å². The first kappa shape index (κ1) is 13.3. The second-order valence-corrected chi connectivity index (χ2v) is 5.61. The standard InChI is InChI=1S/C13H26N2O2/c1-2-14-9-13(5-7-17-11-13)10-15-6-3-4-12(16)8-15/h12,14,16H,2-11H2,1H3. The molecule has 0 spiro atoms. The van der Waals surface area contributed by atoms with Gasteiger partial charge in [0.05, 0.1) is 12.7 Å². The van der Waals surface area contributed by atoms with Crippen LogP contribution in [0.5, 0.6) is 0 Å². The Hall–Kier alpha value is -0.160. The fourth-order valence-corrected chi connectivity index (χ4v) is 3.01. The van der Waals surface area contributed by atoms with Gasteiger partial charge in [-0.05, 0) is 32.4 Å². The zero-order valence-corrected chi connectivity index (χ0v) is 11.0. The van der Waals surface area contributed by atoms with Gasteiger partial charge >= 0.3 is 0 Å². The first-order chi connectivity index (χ1) is 8.24. The third-order valence-electron chi connectivity index (χ3n) is 3.97. The van der Waals surface area contributed by atoms with Crippen molar-refractivity contribution in [2.45, 2.75) is 32.3 Å². The first-order valence-corrected chi connectivity index (χ1v) is 6.93. The van der Waals surface area contributed by atoms with Crippen molar-refractivity contribution >= 4 is 0 Å². The van der Waals surface area contributed by atoms with E-state index in [9.17, 15) is 5.11 Å². The zero-order chi connectivity index (χ0) is 12.1. The molecule has 100 valence electrons. The van der Waals surface area contributed by atoms with Gasteiger partial charge < -0.3 is 20.1 Å². The third kappa shape index (κ3) is 3.65. The summed E-state index contributed by atoms with van der Waals surface area (Å²) in [7, 11) is 0. The summed E-state index contributed by atoms with van der Waals surface area (Å²) in [6, 6.07) is 0. The summed E-state index contributed by atoms with van der Waals surface area (Å²) in [6.07, 6.45) is 3.11. The zero-order valence-electron chi connectivity index (χ0n) is 11.0. The Labute approximate surface area is 104 Å². The van der Waals surface area contributed by atoms with Gasteiger partial charge in [0.25, 0.3) is 0 Å². The SMILES string of the molecule is CCNCC1(CN2CCCC(O)C2)CCOC1. The predicted octanol–water partition coefficient (Wildman–Crippen LogP) is 0.459. The van der Waals surface area contributed by atoms with Crippen LogP contribution in [0, 0.1) is 5.41 Å². The van der Waals surface area contributed by atoms with Crippen molar-refractivity contribution in [2.24, 2.45) is 5.41 Å². The minimum atomic E-state index is -0.123. The molecule has 2 fully saturated rings. The van der Waals surface area contributed by atoms with E-state index in [1.165, 1.54) is 0 Å². The number of rotatable bonds is 5. The largest absolute Gasteiger partial charge is 0.392 e. The molecular formula is C13H26N2O2. The van der Waals surface area contributed by atoms with Gasteiger partial charge in [-0.15, -0.1) is 0 Å². The number of aliphatic hydroxyl groups excluding tert-OH is 1. The van der Waals surface area contributed by atoms with E-state index in [1.54, 1.807) is 0 Å². The molecule has 0 saturated carbocycles. The van der Waals surface area contributed by atoms with Gasteiger partial charge in [0, 0.05) is 31.7 Å². The van der Waals surface area contributed by atoms with Gasteiger partial charge in [0.1, 0.15) is 0 Å². The fraction of sp³-hybridized carbons (Fsp3) is 1.00. The summed E-state index contributed by atoms with van der Waals surface area (Å²) in [4.78, 5) is 2.42. The summed E-state index contributed by atoms with van der Waals surface area (Å²) in [5.74, 6) is 0. The Bertz CT molecular complexity index is 229. The van der Waals surface area contributed by atoms with E-state index >= 15 is 0 Å². The number of piperidine rings is 1. The van der Waals surface area contributed by atoms with Gasteiger partial charge in [-0.2, -0.15) is 0 Å². The van der Waals surface area contributed by atoms with Crippen LogP contribution >= 0.6 is 0 Å². The second-order valence-electron chi connectivity index (χ2n) is 5.61. The molecule has 17 heavy (non-hydrogen) atoms. The lowest BCUT2D eigenvalue weighted by Crippen LogP contribution is -2.48. The predicted molar refractivity (Wildman–Crippen MR) is 68.1 cm³/mol. The number of nitrogens with one attached hydrogen (secondary N) is 1. The number of likely N-dealkylation sites (tertiary alicyclic amines) is 1. The van der Waals surface area contributed by atoms with E-state index in [0.717, 1.165) is 65.2 Å². The fourth-order valence-electron chi connectivity index (χ4n) is 3.01. The van der Waals surface area contributed by atoms with Crippen LogP contribution in [0.25, 0.3) is 0 Å². The lowest BCUT2D eigenvalue weighted by atomic mass is 9.85. The molecule has 0 aromatic heterocycles. The summed E-state index contributed by atoms with van der Waals surface area (Å²) in [6.45, 7) is 9.00. The quantitative estimate of drug-likeness (QED) is 0.735. The Morgan fingerprint density at radius 3 is 3.06 bits per heavy atom. The van der Waals surface area contributed by atoms with Crippen LogP contribution < -0.4 is 5.32 Å². The van der Waals surface area contributed by atoms with Crippen molar-refractivity contribution < 1.29 is 9.84 Å². The molecule has 2 aliphatic heterocycles. The molecule has 4 heteroatoms. The minimum Gasteiger partial charge on any atom is -0.392 e. The van der Waals surface area contributed by atoms with Gasteiger partial charge in [0.15, 0.2) is 0 Å². The van der Waals surface area contributed by atoms with Crippen LogP contribution in [0.4, 0.5) is 0 Å². The lowest BCUT2D eigenvalue weighted by Gasteiger charge is -2.37. The van der Waals surface area contributed by atoms with Crippen LogP contribution in [0.1, 0.15) is 26.2 Å². The van der Waals surface area contributed by atoms with Crippen LogP contribution in [-0.4, -0.2) is 62.0 Å². The molecule has 0 aliphatic carbocycles. The number of hydrogen-bond acceptors (Lipinski definition) is 4. The van der Waals surface area contributed by atoms with E-state index in [0.29, 0.717) is 0 Å². The van der Waals surface area contributed by atoms with Crippen molar-refractivity contribution in [3.63, 3.8) is 0 Å². The molecule has 2 aliphatic rings. The molecule has 0 aromatic rings. The van der Waals surface area contributed by atoms with Crippen LogP contribution in [-0.2, 0) is 4.74 Å². The maximum Gasteiger partial charge on any atom is 0.0667 e. The Morgan fingerprint density at radius 2 is 2.41 bits per heavy atom. The van der Waals surface area contributed by atoms with E-state index in [1.807, 2.05) is 0 Å². The molecule has 2 rings (SSSR count). The number of hydrogen-bond donors (Lipinski definition) is 2. The Balaban J connectivity index is 1.87. The minimum absolute atomic E-state index is 0.123. The molecular weight excluding hydrogens is 216 g/mol. The highest BCUT2D eigenvalue weighted by molar-refractivity contribution is 4.89. The molecule has 4 nitrogen and oxygen atoms in total. The second kappa shape index (κ2) is 6.14. The Kier molecular flexibility index (Phi) is 4.79. The molecule has 0 bridgehead atoms. The summed E-state index contributed by atoms with van der Waals surface area (Å²) < 4.78 is 5.60. The highest BCUT2D eigenvalue weighted by Crippen LogP contribution is 2.30. The average Bonchev–Trinajstić information content (AvgIpc) is 2.75. The van der Waals surface area contributed by atoms with Crippen LogP contribution in [0.3, 0.4) is 0 Å². The van der Waals surface area contributed by atoms with E-state index in [-0.39, 0.29) is 11.5 Å². The molecule has 2 atom stereocenters. The van der Waals surface area contributed by atoms with Crippen LogP contribution in [0.15, 0.2) is 0 Å². The number of aliphatic hydroxyl groups is 1. The molecule has 2 heterocycles. The molecule has 0 radical (unpaired) electrons. The number of ether oxygens (including phenoxy) is 1. The normalized spacial score (nSPS) is 35.3. The topological polar surface area (TPSA) is 44.7 Å². The van der Waals surface area contributed by atoms with Crippen molar-refractivity contribution in [1.29, 1.82) is 0 Å². The van der Waals surface area contributed by atoms with E-state index in [2.05, 4.69) is 17.1 Å². The number of β-amino-alcohol motifs (C(OH)–C–C–N with tert-alkyl or cyclic N) is 1. The van der Waals surface area contributed by atoms with E-state index in [4.69, 9.17) is 4.74 Å². The van der Waals surface area contributed by atoms with Crippen molar-refractivity contribution in [2.75, 3.05) is 45.9 Å². The van der Waals surface area contributed by atoms with Crippen molar-refractivity contribution in [1.82, 2.24) is 10.2 Å². The third-order valence-corrected chi connectivity index (χ3v) is 3.97. The summed E-state index contributed by atoms with van der Waals surface area (Å²) >= 11 is 0. The van der Waals surface area contributed by atoms with Crippen LogP contribution in [0.2, 0.25) is 0 Å². The number of nitrogens with zero attached hydrogens (tertiary/aromatic N) is 1. The first-order valence-electron chi connectivity index (χ1n) is 6.93. The van der Waals surface area contributed by atoms with Gasteiger partial charge in [-0.3, -0.25) is 0 Å². The smallest absolute Gasteiger partial charge is 0.0667 e. The molecule has 0 aromatic carbocycles. The Morgan fingerprint density at radius 1 is 1.53 bits per heavy atom. The molecule has 2 unspecified atom stereocenters. The lowest BCUT2D eigenvalue weighted by molar-refractivity contribution is 0.0380. The average molecular weight is 242 g/mol. The molecule has 2 saturated heterocycles. The van der Waals surface area contributed by atoms with Gasteiger partial charge in [-0.1, -0.05) is 6.92 Å².